The Morgan fingerprint density at radius 2 is 1.24 bits per heavy atom. The van der Waals surface area contributed by atoms with Crippen molar-refractivity contribution in [2.45, 2.75) is 25.7 Å². The zero-order valence-electron chi connectivity index (χ0n) is 14.6. The third kappa shape index (κ3) is 7.17. The molecule has 0 fully saturated rings. The molecule has 6 heteroatoms. The fourth-order valence-corrected chi connectivity index (χ4v) is 2.48. The minimum atomic E-state index is -1.80. The molecule has 2 N–H and O–H groups in total. The molecular weight excluding hydrogens is 319 g/mol. The first-order valence-corrected chi connectivity index (χ1v) is 8.54. The predicted molar refractivity (Wildman–Crippen MR) is 98.5 cm³/mol. The Morgan fingerprint density at radius 3 is 1.76 bits per heavy atom. The number of rotatable bonds is 11. The minimum Gasteiger partial charge on any atom is -0.512 e. The van der Waals surface area contributed by atoms with Crippen molar-refractivity contribution >= 4 is 7.32 Å². The van der Waals surface area contributed by atoms with Crippen molar-refractivity contribution in [3.05, 3.63) is 48.5 Å². The Kier molecular flexibility index (Phi) is 8.32. The zero-order chi connectivity index (χ0) is 17.9. The van der Waals surface area contributed by atoms with Crippen LogP contribution in [0.2, 0.25) is 0 Å². The highest BCUT2D eigenvalue weighted by atomic mass is 16.6. The highest BCUT2D eigenvalue weighted by molar-refractivity contribution is 6.33. The molecule has 0 atom stereocenters. The lowest BCUT2D eigenvalue weighted by molar-refractivity contribution is 0.191. The van der Waals surface area contributed by atoms with Gasteiger partial charge in [0.2, 0.25) is 0 Å². The van der Waals surface area contributed by atoms with E-state index < -0.39 is 7.32 Å². The van der Waals surface area contributed by atoms with Crippen molar-refractivity contribution in [3.63, 3.8) is 0 Å². The number of benzene rings is 2. The smallest absolute Gasteiger partial charge is 0.512 e. The van der Waals surface area contributed by atoms with Crippen LogP contribution in [0.4, 0.5) is 0 Å². The van der Waals surface area contributed by atoms with Crippen LogP contribution >= 0.6 is 0 Å². The number of hydrogen-bond donors (Lipinski definition) is 2. The maximum atomic E-state index is 8.78. The molecule has 0 heterocycles. The zero-order valence-corrected chi connectivity index (χ0v) is 14.6. The molecule has 0 aliphatic heterocycles. The van der Waals surface area contributed by atoms with Crippen LogP contribution in [0, 0.1) is 0 Å². The van der Waals surface area contributed by atoms with E-state index in [2.05, 4.69) is 0 Å². The summed E-state index contributed by atoms with van der Waals surface area (Å²) in [4.78, 5) is 0. The van der Waals surface area contributed by atoms with Crippen LogP contribution in [0.5, 0.6) is 11.5 Å². The topological polar surface area (TPSA) is 68.2 Å². The average molecular weight is 344 g/mol. The Hall–Kier alpha value is -2.02. The second-order valence-electron chi connectivity index (χ2n) is 5.75. The monoisotopic (exact) mass is 344 g/mol. The predicted octanol–water partition coefficient (Wildman–Crippen LogP) is 3.29. The van der Waals surface area contributed by atoms with Gasteiger partial charge in [0.1, 0.15) is 11.5 Å². The maximum absolute atomic E-state index is 8.78. The fraction of sp³-hybridized carbons (Fsp3) is 0.368. The van der Waals surface area contributed by atoms with Crippen molar-refractivity contribution in [1.29, 1.82) is 0 Å². The van der Waals surface area contributed by atoms with Gasteiger partial charge in [-0.05, 0) is 54.7 Å². The van der Waals surface area contributed by atoms with Gasteiger partial charge in [-0.2, -0.15) is 0 Å². The van der Waals surface area contributed by atoms with Gasteiger partial charge in [-0.1, -0.05) is 30.7 Å². The summed E-state index contributed by atoms with van der Waals surface area (Å²) in [6, 6.07) is 15.1. The molecule has 0 amide bonds. The summed E-state index contributed by atoms with van der Waals surface area (Å²) in [6.45, 7) is 1.55. The molecule has 134 valence electrons. The van der Waals surface area contributed by atoms with Crippen LogP contribution in [0.15, 0.2) is 48.5 Å². The van der Waals surface area contributed by atoms with Crippen LogP contribution in [-0.4, -0.2) is 37.7 Å². The molecule has 2 aromatic carbocycles. The van der Waals surface area contributed by atoms with E-state index in [1.54, 1.807) is 19.2 Å². The normalized spacial score (nSPS) is 10.5. The Morgan fingerprint density at radius 1 is 0.720 bits per heavy atom. The molecule has 0 saturated carbocycles. The van der Waals surface area contributed by atoms with E-state index in [4.69, 9.17) is 24.2 Å². The van der Waals surface area contributed by atoms with Gasteiger partial charge in [0.05, 0.1) is 6.61 Å². The van der Waals surface area contributed by atoms with Gasteiger partial charge in [0.25, 0.3) is 0 Å². The van der Waals surface area contributed by atoms with Crippen LogP contribution in [0.25, 0.3) is 11.1 Å². The lowest BCUT2D eigenvalue weighted by Gasteiger charge is -2.09. The number of unbranched alkanes of at least 4 members (excludes halogenated alkanes) is 3. The molecule has 0 unspecified atom stereocenters. The molecule has 2 rings (SSSR count). The van der Waals surface area contributed by atoms with E-state index in [-0.39, 0.29) is 0 Å². The van der Waals surface area contributed by atoms with E-state index in [1.165, 1.54) is 6.42 Å². The molecule has 0 saturated heterocycles. The molecule has 0 aliphatic carbocycles. The van der Waals surface area contributed by atoms with Crippen molar-refractivity contribution in [2.75, 3.05) is 20.3 Å². The van der Waals surface area contributed by atoms with Crippen molar-refractivity contribution in [3.8, 4) is 22.6 Å². The molecular formula is C19H25BO5. The lowest BCUT2D eigenvalue weighted by Crippen LogP contribution is -2.20. The highest BCUT2D eigenvalue weighted by Gasteiger charge is 2.10. The number of ether oxygens (including phenoxy) is 2. The van der Waals surface area contributed by atoms with Crippen molar-refractivity contribution in [2.24, 2.45) is 0 Å². The first-order valence-electron chi connectivity index (χ1n) is 8.54. The first kappa shape index (κ1) is 19.3. The van der Waals surface area contributed by atoms with Crippen LogP contribution in [-0.2, 0) is 4.74 Å². The molecule has 0 spiro atoms. The average Bonchev–Trinajstić information content (AvgIpc) is 2.62. The first-order chi connectivity index (χ1) is 12.2. The molecule has 25 heavy (non-hydrogen) atoms. The molecule has 0 aliphatic rings. The Balaban J connectivity index is 1.77. The summed E-state index contributed by atoms with van der Waals surface area (Å²) in [6.07, 6.45) is 4.47. The Bertz CT molecular complexity index is 598. The number of hydrogen-bond acceptors (Lipinski definition) is 5. The molecule has 0 aromatic heterocycles. The largest absolute Gasteiger partial charge is 0.707 e. The standard InChI is InChI=1S/C19H25BO5/c1-23-14-4-2-3-5-15-24-18-10-6-16(7-11-18)17-8-12-19(13-9-17)25-20(21)22/h6-13,21-22H,2-5,14-15H2,1H3. The fourth-order valence-electron chi connectivity index (χ4n) is 2.48. The lowest BCUT2D eigenvalue weighted by atomic mass is 10.1. The van der Waals surface area contributed by atoms with Gasteiger partial charge in [-0.3, -0.25) is 0 Å². The van der Waals surface area contributed by atoms with Crippen LogP contribution in [0.1, 0.15) is 25.7 Å². The van der Waals surface area contributed by atoms with E-state index in [0.717, 1.165) is 49.4 Å². The van der Waals surface area contributed by atoms with Crippen molar-refractivity contribution in [1.82, 2.24) is 0 Å². The second kappa shape index (κ2) is 10.8. The quantitative estimate of drug-likeness (QED) is 0.484. The van der Waals surface area contributed by atoms with Gasteiger partial charge >= 0.3 is 7.32 Å². The SMILES string of the molecule is COCCCCCCOc1ccc(-c2ccc(OB(O)O)cc2)cc1. The summed E-state index contributed by atoms with van der Waals surface area (Å²) in [7, 11) is -0.0729. The molecule has 5 nitrogen and oxygen atoms in total. The van der Waals surface area contributed by atoms with Crippen LogP contribution < -0.4 is 9.39 Å². The summed E-state index contributed by atoms with van der Waals surface area (Å²) in [5.41, 5.74) is 2.08. The summed E-state index contributed by atoms with van der Waals surface area (Å²) >= 11 is 0. The van der Waals surface area contributed by atoms with E-state index in [1.807, 2.05) is 36.4 Å². The third-order valence-corrected chi connectivity index (χ3v) is 3.79. The van der Waals surface area contributed by atoms with Gasteiger partial charge in [-0.15, -0.1) is 0 Å². The highest BCUT2D eigenvalue weighted by Crippen LogP contribution is 2.24. The van der Waals surface area contributed by atoms with E-state index >= 15 is 0 Å². The summed E-state index contributed by atoms with van der Waals surface area (Å²) in [5.74, 6) is 1.27. The molecule has 0 radical (unpaired) electrons. The maximum Gasteiger partial charge on any atom is 0.707 e. The van der Waals surface area contributed by atoms with Gasteiger partial charge < -0.3 is 24.2 Å². The van der Waals surface area contributed by atoms with Gasteiger partial charge in [-0.25, -0.2) is 0 Å². The minimum absolute atomic E-state index is 0.407. The second-order valence-corrected chi connectivity index (χ2v) is 5.75. The third-order valence-electron chi connectivity index (χ3n) is 3.79. The van der Waals surface area contributed by atoms with Gasteiger partial charge in [0.15, 0.2) is 0 Å². The molecule has 0 bridgehead atoms. The molecule has 2 aromatic rings. The summed E-state index contributed by atoms with van der Waals surface area (Å²) < 4.78 is 15.6. The number of methoxy groups -OCH3 is 1. The van der Waals surface area contributed by atoms with Crippen LogP contribution in [0.3, 0.4) is 0 Å². The van der Waals surface area contributed by atoms with Crippen molar-refractivity contribution < 1.29 is 24.2 Å². The summed E-state index contributed by atoms with van der Waals surface area (Å²) in [5, 5.41) is 17.6. The van der Waals surface area contributed by atoms with E-state index in [0.29, 0.717) is 5.75 Å². The van der Waals surface area contributed by atoms with E-state index in [9.17, 15) is 0 Å². The van der Waals surface area contributed by atoms with Gasteiger partial charge in [0, 0.05) is 13.7 Å². The Labute approximate surface area is 149 Å².